The van der Waals surface area contributed by atoms with E-state index in [-0.39, 0.29) is 6.54 Å². The zero-order valence-corrected chi connectivity index (χ0v) is 14.3. The summed E-state index contributed by atoms with van der Waals surface area (Å²) in [6.07, 6.45) is 1.97. The standard InChI is InChI=1S/C17H22N2O6/c1-24-13-7-6-11(9-14(13)25-2)16(21)18-10-15(20)19-8-4-3-5-12(19)17(22)23/h6-7,9,12H,3-5,8,10H2,1-2H3,(H,18,21)(H,22,23). The van der Waals surface area contributed by atoms with Gasteiger partial charge in [0.1, 0.15) is 6.04 Å². The molecule has 1 aromatic rings. The Kier molecular flexibility index (Phi) is 6.21. The molecule has 2 rings (SSSR count). The van der Waals surface area contributed by atoms with Crippen molar-refractivity contribution in [3.63, 3.8) is 0 Å². The molecule has 0 bridgehead atoms. The van der Waals surface area contributed by atoms with Gasteiger partial charge >= 0.3 is 5.97 Å². The third kappa shape index (κ3) is 4.40. The number of carbonyl (C=O) groups excluding carboxylic acids is 2. The largest absolute Gasteiger partial charge is 0.493 e. The summed E-state index contributed by atoms with van der Waals surface area (Å²) in [6.45, 7) is 0.138. The minimum Gasteiger partial charge on any atom is -0.493 e. The van der Waals surface area contributed by atoms with E-state index in [9.17, 15) is 19.5 Å². The second kappa shape index (κ2) is 8.36. The number of piperidine rings is 1. The van der Waals surface area contributed by atoms with Crippen LogP contribution in [0.25, 0.3) is 0 Å². The van der Waals surface area contributed by atoms with E-state index in [1.807, 2.05) is 0 Å². The molecule has 0 radical (unpaired) electrons. The number of carbonyl (C=O) groups is 3. The number of ether oxygens (including phenoxy) is 2. The normalized spacial score (nSPS) is 16.9. The van der Waals surface area contributed by atoms with Crippen molar-refractivity contribution >= 4 is 17.8 Å². The van der Waals surface area contributed by atoms with E-state index in [4.69, 9.17) is 9.47 Å². The highest BCUT2D eigenvalue weighted by atomic mass is 16.5. The summed E-state index contributed by atoms with van der Waals surface area (Å²) < 4.78 is 10.3. The lowest BCUT2D eigenvalue weighted by molar-refractivity contribution is -0.151. The smallest absolute Gasteiger partial charge is 0.326 e. The minimum atomic E-state index is -1.01. The molecule has 1 saturated heterocycles. The van der Waals surface area contributed by atoms with Crippen LogP contribution in [0.15, 0.2) is 18.2 Å². The number of carboxylic acids is 1. The van der Waals surface area contributed by atoms with Crippen LogP contribution in [0.3, 0.4) is 0 Å². The average Bonchev–Trinajstić information content (AvgIpc) is 2.65. The van der Waals surface area contributed by atoms with Gasteiger partial charge in [-0.05, 0) is 37.5 Å². The van der Waals surface area contributed by atoms with Gasteiger partial charge in [0, 0.05) is 12.1 Å². The van der Waals surface area contributed by atoms with E-state index in [0.717, 1.165) is 12.8 Å². The molecule has 2 N–H and O–H groups in total. The molecule has 0 aliphatic carbocycles. The molecule has 25 heavy (non-hydrogen) atoms. The number of likely N-dealkylation sites (tertiary alicyclic amines) is 1. The molecule has 136 valence electrons. The van der Waals surface area contributed by atoms with E-state index in [1.54, 1.807) is 12.1 Å². The molecule has 1 aliphatic heterocycles. The second-order valence-electron chi connectivity index (χ2n) is 5.69. The van der Waals surface area contributed by atoms with Crippen molar-refractivity contribution in [1.82, 2.24) is 10.2 Å². The molecule has 1 aromatic carbocycles. The van der Waals surface area contributed by atoms with Gasteiger partial charge in [0.25, 0.3) is 5.91 Å². The number of rotatable bonds is 6. The number of carboxylic acid groups (broad SMARTS) is 1. The topological polar surface area (TPSA) is 105 Å². The van der Waals surface area contributed by atoms with Gasteiger partial charge in [-0.1, -0.05) is 0 Å². The Bertz CT molecular complexity index is 661. The maximum Gasteiger partial charge on any atom is 0.326 e. The molecular weight excluding hydrogens is 328 g/mol. The van der Waals surface area contributed by atoms with Crippen LogP contribution in [0, 0.1) is 0 Å². The van der Waals surface area contributed by atoms with Crippen molar-refractivity contribution in [2.45, 2.75) is 25.3 Å². The molecule has 1 aliphatic rings. The SMILES string of the molecule is COc1ccc(C(=O)NCC(=O)N2CCCCC2C(=O)O)cc1OC. The maximum atomic E-state index is 12.3. The summed E-state index contributed by atoms with van der Waals surface area (Å²) in [5.74, 6) is -0.963. The molecule has 1 heterocycles. The predicted molar refractivity (Wildman–Crippen MR) is 88.9 cm³/mol. The van der Waals surface area contributed by atoms with Crippen molar-refractivity contribution in [1.29, 1.82) is 0 Å². The highest BCUT2D eigenvalue weighted by Gasteiger charge is 2.31. The van der Waals surface area contributed by atoms with Gasteiger partial charge in [-0.3, -0.25) is 9.59 Å². The first-order chi connectivity index (χ1) is 12.0. The van der Waals surface area contributed by atoms with Crippen LogP contribution in [-0.4, -0.2) is 61.1 Å². The summed E-state index contributed by atoms with van der Waals surface area (Å²) in [7, 11) is 2.96. The number of aliphatic carboxylic acids is 1. The van der Waals surface area contributed by atoms with E-state index in [1.165, 1.54) is 25.2 Å². The maximum absolute atomic E-state index is 12.3. The molecule has 0 saturated carbocycles. The fraction of sp³-hybridized carbons (Fsp3) is 0.471. The van der Waals surface area contributed by atoms with Gasteiger partial charge in [0.05, 0.1) is 20.8 Å². The molecule has 8 nitrogen and oxygen atoms in total. The number of methoxy groups -OCH3 is 2. The number of nitrogens with one attached hydrogen (secondary N) is 1. The van der Waals surface area contributed by atoms with E-state index >= 15 is 0 Å². The van der Waals surface area contributed by atoms with Crippen molar-refractivity contribution in [3.05, 3.63) is 23.8 Å². The first kappa shape index (κ1) is 18.6. The third-order valence-electron chi connectivity index (χ3n) is 4.15. The molecular formula is C17H22N2O6. The van der Waals surface area contributed by atoms with Gasteiger partial charge in [-0.15, -0.1) is 0 Å². The van der Waals surface area contributed by atoms with Gasteiger partial charge in [-0.25, -0.2) is 4.79 Å². The van der Waals surface area contributed by atoms with Crippen LogP contribution in [0.1, 0.15) is 29.6 Å². The average molecular weight is 350 g/mol. The Labute approximate surface area is 145 Å². The minimum absolute atomic E-state index is 0.253. The molecule has 2 amide bonds. The molecule has 1 unspecified atom stereocenters. The first-order valence-electron chi connectivity index (χ1n) is 8.00. The van der Waals surface area contributed by atoms with Gasteiger partial charge < -0.3 is 24.8 Å². The molecule has 8 heteroatoms. The summed E-state index contributed by atoms with van der Waals surface area (Å²) in [5, 5.41) is 11.7. The Morgan fingerprint density at radius 3 is 2.56 bits per heavy atom. The highest BCUT2D eigenvalue weighted by Crippen LogP contribution is 2.27. The van der Waals surface area contributed by atoms with Crippen molar-refractivity contribution in [2.24, 2.45) is 0 Å². The molecule has 1 atom stereocenters. The second-order valence-corrected chi connectivity index (χ2v) is 5.69. The summed E-state index contributed by atoms with van der Waals surface area (Å²) in [6, 6.07) is 3.85. The monoisotopic (exact) mass is 350 g/mol. The zero-order valence-electron chi connectivity index (χ0n) is 14.3. The first-order valence-corrected chi connectivity index (χ1v) is 8.00. The predicted octanol–water partition coefficient (Wildman–Crippen LogP) is 0.899. The van der Waals surface area contributed by atoms with Gasteiger partial charge in [0.2, 0.25) is 5.91 Å². The Morgan fingerprint density at radius 1 is 1.20 bits per heavy atom. The van der Waals surface area contributed by atoms with Crippen molar-refractivity contribution in [2.75, 3.05) is 27.3 Å². The van der Waals surface area contributed by atoms with Crippen LogP contribution in [0.4, 0.5) is 0 Å². The fourth-order valence-corrected chi connectivity index (χ4v) is 2.82. The fourth-order valence-electron chi connectivity index (χ4n) is 2.82. The van der Waals surface area contributed by atoms with Crippen LogP contribution < -0.4 is 14.8 Å². The lowest BCUT2D eigenvalue weighted by atomic mass is 10.0. The molecule has 0 aromatic heterocycles. The number of nitrogens with zero attached hydrogens (tertiary/aromatic N) is 1. The number of amides is 2. The summed E-state index contributed by atoms with van der Waals surface area (Å²) in [5.41, 5.74) is 0.318. The lowest BCUT2D eigenvalue weighted by Gasteiger charge is -2.33. The number of benzene rings is 1. The summed E-state index contributed by atoms with van der Waals surface area (Å²) in [4.78, 5) is 37.1. The quantitative estimate of drug-likeness (QED) is 0.790. The van der Waals surface area contributed by atoms with Crippen LogP contribution in [0.2, 0.25) is 0 Å². The van der Waals surface area contributed by atoms with Crippen molar-refractivity contribution < 1.29 is 29.0 Å². The lowest BCUT2D eigenvalue weighted by Crippen LogP contribution is -2.51. The van der Waals surface area contributed by atoms with E-state index in [0.29, 0.717) is 30.0 Å². The van der Waals surface area contributed by atoms with E-state index in [2.05, 4.69) is 5.32 Å². The zero-order chi connectivity index (χ0) is 18.4. The van der Waals surface area contributed by atoms with Crippen LogP contribution >= 0.6 is 0 Å². The van der Waals surface area contributed by atoms with Gasteiger partial charge in [0.15, 0.2) is 11.5 Å². The Balaban J connectivity index is 1.99. The number of hydrogen-bond acceptors (Lipinski definition) is 5. The Morgan fingerprint density at radius 2 is 1.92 bits per heavy atom. The van der Waals surface area contributed by atoms with Gasteiger partial charge in [-0.2, -0.15) is 0 Å². The molecule has 0 spiro atoms. The highest BCUT2D eigenvalue weighted by molar-refractivity contribution is 5.97. The summed E-state index contributed by atoms with van der Waals surface area (Å²) >= 11 is 0. The Hall–Kier alpha value is -2.77. The van der Waals surface area contributed by atoms with Crippen molar-refractivity contribution in [3.8, 4) is 11.5 Å². The van der Waals surface area contributed by atoms with E-state index < -0.39 is 23.8 Å². The van der Waals surface area contributed by atoms with Crippen LogP contribution in [-0.2, 0) is 9.59 Å². The molecule has 1 fully saturated rings. The third-order valence-corrected chi connectivity index (χ3v) is 4.15. The number of hydrogen-bond donors (Lipinski definition) is 2. The van der Waals surface area contributed by atoms with Crippen LogP contribution in [0.5, 0.6) is 11.5 Å².